The molecule has 1 saturated heterocycles. The number of halogens is 3. The van der Waals surface area contributed by atoms with Gasteiger partial charge < -0.3 is 19.9 Å². The number of nitrogens with zero attached hydrogens (tertiary/aromatic N) is 5. The summed E-state index contributed by atoms with van der Waals surface area (Å²) < 4.78 is 45.6. The van der Waals surface area contributed by atoms with Crippen molar-refractivity contribution in [2.24, 2.45) is 4.99 Å². The highest BCUT2D eigenvalue weighted by Gasteiger charge is 2.34. The van der Waals surface area contributed by atoms with Gasteiger partial charge in [0, 0.05) is 50.0 Å². The summed E-state index contributed by atoms with van der Waals surface area (Å²) in [5.74, 6) is 0.156. The van der Waals surface area contributed by atoms with Gasteiger partial charge in [0.1, 0.15) is 11.4 Å². The van der Waals surface area contributed by atoms with E-state index in [1.54, 1.807) is 23.2 Å². The molecule has 0 unspecified atom stereocenters. The molecule has 2 aliphatic rings. The molecule has 0 saturated carbocycles. The highest BCUT2D eigenvalue weighted by Crippen LogP contribution is 2.35. The summed E-state index contributed by atoms with van der Waals surface area (Å²) in [6, 6.07) is 13.5. The van der Waals surface area contributed by atoms with E-state index in [4.69, 9.17) is 15.0 Å². The second-order valence-corrected chi connectivity index (χ2v) is 11.2. The number of carbonyl (C=O) groups excluding carboxylic acids is 2. The minimum absolute atomic E-state index is 0.0807. The Labute approximate surface area is 246 Å². The molecule has 0 radical (unpaired) electrons. The van der Waals surface area contributed by atoms with Crippen molar-refractivity contribution in [3.63, 3.8) is 0 Å². The number of amides is 2. The molecule has 222 valence electrons. The van der Waals surface area contributed by atoms with Crippen LogP contribution in [0.3, 0.4) is 0 Å². The third-order valence-corrected chi connectivity index (χ3v) is 7.01. The standard InChI is InChI=1S/C31H29F3N6O3/c1-30(2,3)43-29(42)40-13-11-39(12-14-40)26-10-8-21(18-36-26)25-15-19-5-4-6-23(27(19)38-25)28(41)37-22-9-7-20(17-35)24(16-22)31(32,33)34/h4-10,16,18H,11-15H2,1-3H3,(H,37,41). The van der Waals surface area contributed by atoms with Gasteiger partial charge >= 0.3 is 12.3 Å². The van der Waals surface area contributed by atoms with E-state index in [9.17, 15) is 22.8 Å². The number of anilines is 2. The number of carbonyl (C=O) groups is 2. The zero-order valence-electron chi connectivity index (χ0n) is 23.8. The third-order valence-electron chi connectivity index (χ3n) is 7.01. The van der Waals surface area contributed by atoms with Gasteiger partial charge in [-0.05, 0) is 62.7 Å². The minimum atomic E-state index is -4.74. The fourth-order valence-corrected chi connectivity index (χ4v) is 4.91. The summed E-state index contributed by atoms with van der Waals surface area (Å²) in [5.41, 5.74) is 0.686. The molecule has 0 spiro atoms. The lowest BCUT2D eigenvalue weighted by Gasteiger charge is -2.36. The largest absolute Gasteiger partial charge is 0.444 e. The molecule has 1 N–H and O–H groups in total. The number of rotatable bonds is 4. The van der Waals surface area contributed by atoms with E-state index in [0.717, 1.165) is 29.1 Å². The Hall–Kier alpha value is -4.92. The van der Waals surface area contributed by atoms with E-state index < -0.39 is 28.8 Å². The highest BCUT2D eigenvalue weighted by molar-refractivity contribution is 6.13. The summed E-state index contributed by atoms with van der Waals surface area (Å²) in [4.78, 5) is 38.5. The maximum absolute atomic E-state index is 13.4. The minimum Gasteiger partial charge on any atom is -0.444 e. The van der Waals surface area contributed by atoms with Crippen LogP contribution in [0.2, 0.25) is 0 Å². The van der Waals surface area contributed by atoms with E-state index in [1.165, 1.54) is 12.1 Å². The summed E-state index contributed by atoms with van der Waals surface area (Å²) in [6.07, 6.45) is -2.89. The number of aliphatic imine (C=N–C) groups is 1. The van der Waals surface area contributed by atoms with Gasteiger partial charge in [0.25, 0.3) is 5.91 Å². The first-order valence-corrected chi connectivity index (χ1v) is 13.6. The first-order chi connectivity index (χ1) is 20.3. The molecule has 43 heavy (non-hydrogen) atoms. The number of aromatic nitrogens is 1. The topological polar surface area (TPSA) is 111 Å². The number of alkyl halides is 3. The first-order valence-electron chi connectivity index (χ1n) is 13.6. The maximum atomic E-state index is 13.4. The molecule has 2 amide bonds. The van der Waals surface area contributed by atoms with Crippen LogP contribution >= 0.6 is 0 Å². The van der Waals surface area contributed by atoms with E-state index in [-0.39, 0.29) is 17.3 Å². The van der Waals surface area contributed by atoms with Crippen molar-refractivity contribution in [1.82, 2.24) is 9.88 Å². The van der Waals surface area contributed by atoms with Crippen molar-refractivity contribution in [2.75, 3.05) is 36.4 Å². The Bertz CT molecular complexity index is 1630. The molecule has 9 nitrogen and oxygen atoms in total. The van der Waals surface area contributed by atoms with Crippen molar-refractivity contribution in [2.45, 2.75) is 39.0 Å². The van der Waals surface area contributed by atoms with Crippen LogP contribution in [0.5, 0.6) is 0 Å². The van der Waals surface area contributed by atoms with Gasteiger partial charge in [-0.25, -0.2) is 9.78 Å². The van der Waals surface area contributed by atoms with Gasteiger partial charge in [0.2, 0.25) is 0 Å². The second-order valence-electron chi connectivity index (χ2n) is 11.2. The summed E-state index contributed by atoms with van der Waals surface area (Å²) in [6.45, 7) is 7.77. The molecule has 2 aliphatic heterocycles. The van der Waals surface area contributed by atoms with E-state index >= 15 is 0 Å². The first kappa shape index (κ1) is 29.6. The van der Waals surface area contributed by atoms with Gasteiger partial charge in [0.15, 0.2) is 0 Å². The van der Waals surface area contributed by atoms with E-state index in [1.807, 2.05) is 39.0 Å². The lowest BCUT2D eigenvalue weighted by atomic mass is 10.0. The van der Waals surface area contributed by atoms with Crippen LogP contribution in [0.4, 0.5) is 35.2 Å². The normalized spacial score (nSPS) is 15.0. The number of para-hydroxylation sites is 1. The van der Waals surface area contributed by atoms with Gasteiger partial charge in [-0.15, -0.1) is 0 Å². The molecule has 3 heterocycles. The van der Waals surface area contributed by atoms with Gasteiger partial charge in [-0.3, -0.25) is 9.79 Å². The van der Waals surface area contributed by atoms with Crippen LogP contribution in [0.15, 0.2) is 59.7 Å². The SMILES string of the molecule is CC(C)(C)OC(=O)N1CCN(c2ccc(C3=Nc4c(cccc4C(=O)Nc4ccc(C#N)c(C(F)(F)F)c4)C3)cn2)CC1. The van der Waals surface area contributed by atoms with Crippen molar-refractivity contribution in [3.8, 4) is 6.07 Å². The number of benzene rings is 2. The molecule has 0 aliphatic carbocycles. The Balaban J connectivity index is 1.27. The number of nitriles is 1. The highest BCUT2D eigenvalue weighted by atomic mass is 19.4. The van der Waals surface area contributed by atoms with Crippen LogP contribution in [-0.2, 0) is 17.3 Å². The molecule has 2 aromatic carbocycles. The van der Waals surface area contributed by atoms with E-state index in [2.05, 4.69) is 15.2 Å². The fraction of sp³-hybridized carbons (Fsp3) is 0.323. The van der Waals surface area contributed by atoms with Gasteiger partial charge in [-0.1, -0.05) is 12.1 Å². The Morgan fingerprint density at radius 2 is 1.77 bits per heavy atom. The third kappa shape index (κ3) is 6.61. The van der Waals surface area contributed by atoms with Crippen molar-refractivity contribution >= 4 is 34.9 Å². The second kappa shape index (κ2) is 11.4. The van der Waals surface area contributed by atoms with Crippen molar-refractivity contribution in [3.05, 3.63) is 82.5 Å². The Morgan fingerprint density at radius 1 is 1.02 bits per heavy atom. The fourth-order valence-electron chi connectivity index (χ4n) is 4.91. The smallest absolute Gasteiger partial charge is 0.417 e. The number of nitrogens with one attached hydrogen (secondary N) is 1. The predicted molar refractivity (Wildman–Crippen MR) is 155 cm³/mol. The number of piperazine rings is 1. The Kier molecular flexibility index (Phi) is 7.84. The average Bonchev–Trinajstić information content (AvgIpc) is 3.40. The molecule has 3 aromatic rings. The number of pyridine rings is 1. The molecule has 12 heteroatoms. The van der Waals surface area contributed by atoms with Crippen LogP contribution in [0, 0.1) is 11.3 Å². The molecule has 1 aromatic heterocycles. The van der Waals surface area contributed by atoms with Crippen LogP contribution < -0.4 is 10.2 Å². The van der Waals surface area contributed by atoms with Crippen LogP contribution in [0.25, 0.3) is 0 Å². The summed E-state index contributed by atoms with van der Waals surface area (Å²) in [7, 11) is 0. The van der Waals surface area contributed by atoms with Crippen molar-refractivity contribution < 1.29 is 27.5 Å². The van der Waals surface area contributed by atoms with Gasteiger partial charge in [0.05, 0.1) is 34.2 Å². The van der Waals surface area contributed by atoms with Crippen LogP contribution in [-0.4, -0.2) is 59.4 Å². The molecule has 1 fully saturated rings. The summed E-state index contributed by atoms with van der Waals surface area (Å²) in [5, 5.41) is 11.5. The molecular formula is C31H29F3N6O3. The Morgan fingerprint density at radius 3 is 2.40 bits per heavy atom. The molecule has 5 rings (SSSR count). The lowest BCUT2D eigenvalue weighted by molar-refractivity contribution is -0.137. The molecule has 0 bridgehead atoms. The van der Waals surface area contributed by atoms with Crippen LogP contribution in [0.1, 0.15) is 53.4 Å². The maximum Gasteiger partial charge on any atom is 0.417 e. The van der Waals surface area contributed by atoms with E-state index in [0.29, 0.717) is 44.0 Å². The summed E-state index contributed by atoms with van der Waals surface area (Å²) >= 11 is 0. The lowest BCUT2D eigenvalue weighted by Crippen LogP contribution is -2.50. The van der Waals surface area contributed by atoms with Crippen molar-refractivity contribution in [1.29, 1.82) is 5.26 Å². The average molecular weight is 591 g/mol. The number of hydrogen-bond acceptors (Lipinski definition) is 7. The monoisotopic (exact) mass is 590 g/mol. The molecule has 0 atom stereocenters. The number of hydrogen-bond donors (Lipinski definition) is 1. The zero-order valence-corrected chi connectivity index (χ0v) is 23.8. The number of ether oxygens (including phenoxy) is 1. The van der Waals surface area contributed by atoms with Gasteiger partial charge in [-0.2, -0.15) is 18.4 Å². The number of fused-ring (bicyclic) bond motifs is 1. The quantitative estimate of drug-likeness (QED) is 0.402. The molecular weight excluding hydrogens is 561 g/mol. The predicted octanol–water partition coefficient (Wildman–Crippen LogP) is 5.96. The zero-order chi connectivity index (χ0) is 30.9.